The molecule has 1 aromatic rings. The summed E-state index contributed by atoms with van der Waals surface area (Å²) in [5.41, 5.74) is 0. The van der Waals surface area contributed by atoms with Crippen molar-refractivity contribution in [3.8, 4) is 5.88 Å². The molecule has 0 aromatic carbocycles. The Morgan fingerprint density at radius 2 is 2.62 bits per heavy atom. The molecular weight excluding hydrogens is 142 g/mol. The van der Waals surface area contributed by atoms with Crippen molar-refractivity contribution in [3.05, 3.63) is 5.38 Å². The Labute approximate surface area is 55.7 Å². The third kappa shape index (κ3) is 0.952. The Morgan fingerprint density at radius 3 is 2.88 bits per heavy atom. The number of hydrogen-bond donors (Lipinski definition) is 1. The van der Waals surface area contributed by atoms with Crippen molar-refractivity contribution in [2.45, 2.75) is 4.90 Å². The largest absolute Gasteiger partial charge is 0.492 e. The molecule has 2 nitrogen and oxygen atoms in total. The molecule has 0 saturated carbocycles. The van der Waals surface area contributed by atoms with Crippen molar-refractivity contribution in [1.82, 2.24) is 4.37 Å². The molecule has 0 amide bonds. The Hall–Kier alpha value is -0.220. The van der Waals surface area contributed by atoms with Crippen molar-refractivity contribution in [2.24, 2.45) is 0 Å². The molecular formula is C4H5NOS2. The number of aromatic hydroxyl groups is 1. The molecule has 0 fully saturated rings. The maximum atomic E-state index is 8.83. The van der Waals surface area contributed by atoms with Crippen LogP contribution in [-0.4, -0.2) is 15.7 Å². The van der Waals surface area contributed by atoms with Gasteiger partial charge in [0.05, 0.1) is 4.90 Å². The lowest BCUT2D eigenvalue weighted by Crippen LogP contribution is -1.61. The van der Waals surface area contributed by atoms with Crippen LogP contribution in [0.25, 0.3) is 0 Å². The minimum atomic E-state index is 0.155. The Kier molecular flexibility index (Phi) is 1.75. The van der Waals surface area contributed by atoms with Gasteiger partial charge < -0.3 is 5.11 Å². The average Bonchev–Trinajstić information content (AvgIpc) is 2.14. The monoisotopic (exact) mass is 147 g/mol. The van der Waals surface area contributed by atoms with Crippen LogP contribution in [0.4, 0.5) is 0 Å². The molecule has 0 radical (unpaired) electrons. The quantitative estimate of drug-likeness (QED) is 0.612. The molecule has 1 aromatic heterocycles. The first-order valence-electron chi connectivity index (χ1n) is 2.02. The third-order valence-corrected chi connectivity index (χ3v) is 2.25. The summed E-state index contributed by atoms with van der Waals surface area (Å²) >= 11 is 2.77. The highest BCUT2D eigenvalue weighted by Crippen LogP contribution is 2.25. The molecule has 0 bridgehead atoms. The highest BCUT2D eigenvalue weighted by Gasteiger charge is 1.98. The van der Waals surface area contributed by atoms with E-state index >= 15 is 0 Å². The van der Waals surface area contributed by atoms with Crippen LogP contribution >= 0.6 is 23.3 Å². The first-order valence-corrected chi connectivity index (χ1v) is 4.08. The normalized spacial score (nSPS) is 9.62. The van der Waals surface area contributed by atoms with E-state index in [-0.39, 0.29) is 5.88 Å². The summed E-state index contributed by atoms with van der Waals surface area (Å²) in [6, 6.07) is 0. The number of rotatable bonds is 1. The van der Waals surface area contributed by atoms with Gasteiger partial charge in [-0.05, 0) is 17.8 Å². The summed E-state index contributed by atoms with van der Waals surface area (Å²) in [5, 5.41) is 10.6. The van der Waals surface area contributed by atoms with Crippen LogP contribution in [0.15, 0.2) is 10.3 Å². The molecule has 0 aliphatic heterocycles. The lowest BCUT2D eigenvalue weighted by molar-refractivity contribution is 0.447. The molecule has 0 spiro atoms. The standard InChI is InChI=1S/C4H5NOS2/c1-7-3-2-8-5-4(3)6/h2H,1H3,(H,5,6). The minimum Gasteiger partial charge on any atom is -0.492 e. The van der Waals surface area contributed by atoms with E-state index in [1.165, 1.54) is 23.3 Å². The van der Waals surface area contributed by atoms with Gasteiger partial charge in [0.1, 0.15) is 0 Å². The van der Waals surface area contributed by atoms with E-state index in [9.17, 15) is 0 Å². The fourth-order valence-corrected chi connectivity index (χ4v) is 1.61. The second-order valence-electron chi connectivity index (χ2n) is 1.21. The van der Waals surface area contributed by atoms with Gasteiger partial charge in [0.15, 0.2) is 0 Å². The van der Waals surface area contributed by atoms with Crippen molar-refractivity contribution < 1.29 is 5.11 Å². The van der Waals surface area contributed by atoms with Crippen molar-refractivity contribution in [3.63, 3.8) is 0 Å². The molecule has 0 atom stereocenters. The average molecular weight is 147 g/mol. The first-order chi connectivity index (χ1) is 3.84. The van der Waals surface area contributed by atoms with Crippen LogP contribution in [0.1, 0.15) is 0 Å². The molecule has 0 aliphatic carbocycles. The second kappa shape index (κ2) is 2.37. The number of hydrogen-bond acceptors (Lipinski definition) is 4. The predicted octanol–water partition coefficient (Wildman–Crippen LogP) is 1.57. The summed E-state index contributed by atoms with van der Waals surface area (Å²) in [4.78, 5) is 0.856. The highest BCUT2D eigenvalue weighted by molar-refractivity contribution is 7.98. The zero-order valence-electron chi connectivity index (χ0n) is 4.29. The van der Waals surface area contributed by atoms with Gasteiger partial charge in [-0.1, -0.05) is 0 Å². The van der Waals surface area contributed by atoms with Crippen LogP contribution in [0, 0.1) is 0 Å². The molecule has 1 rings (SSSR count). The predicted molar refractivity (Wildman–Crippen MR) is 35.6 cm³/mol. The SMILES string of the molecule is CSc1csnc1O. The number of thioether (sulfide) groups is 1. The van der Waals surface area contributed by atoms with E-state index in [1.807, 2.05) is 11.6 Å². The van der Waals surface area contributed by atoms with E-state index in [2.05, 4.69) is 4.37 Å². The van der Waals surface area contributed by atoms with E-state index < -0.39 is 0 Å². The summed E-state index contributed by atoms with van der Waals surface area (Å²) in [5.74, 6) is 0.155. The lowest BCUT2D eigenvalue weighted by atomic mass is 10.7. The fraction of sp³-hybridized carbons (Fsp3) is 0.250. The summed E-state index contributed by atoms with van der Waals surface area (Å²) in [7, 11) is 0. The van der Waals surface area contributed by atoms with Gasteiger partial charge in [-0.25, -0.2) is 0 Å². The smallest absolute Gasteiger partial charge is 0.236 e. The van der Waals surface area contributed by atoms with Gasteiger partial charge in [0.25, 0.3) is 0 Å². The van der Waals surface area contributed by atoms with Gasteiger partial charge in [-0.3, -0.25) is 0 Å². The lowest BCUT2D eigenvalue weighted by Gasteiger charge is -1.84. The van der Waals surface area contributed by atoms with Crippen molar-refractivity contribution in [2.75, 3.05) is 6.26 Å². The molecule has 4 heteroatoms. The molecule has 0 unspecified atom stereocenters. The molecule has 1 N–H and O–H groups in total. The van der Waals surface area contributed by atoms with Gasteiger partial charge in [0.2, 0.25) is 5.88 Å². The molecule has 8 heavy (non-hydrogen) atoms. The zero-order valence-corrected chi connectivity index (χ0v) is 5.92. The Balaban J connectivity index is 2.92. The van der Waals surface area contributed by atoms with Crippen molar-refractivity contribution in [1.29, 1.82) is 0 Å². The summed E-state index contributed by atoms with van der Waals surface area (Å²) in [6.07, 6.45) is 1.91. The third-order valence-electron chi connectivity index (χ3n) is 0.739. The first kappa shape index (κ1) is 5.91. The van der Waals surface area contributed by atoms with Gasteiger partial charge in [-0.2, -0.15) is 4.37 Å². The van der Waals surface area contributed by atoms with Gasteiger partial charge in [0, 0.05) is 5.38 Å². The minimum absolute atomic E-state index is 0.155. The zero-order chi connectivity index (χ0) is 5.98. The number of nitrogens with zero attached hydrogens (tertiary/aromatic N) is 1. The van der Waals surface area contributed by atoms with E-state index in [0.717, 1.165) is 4.90 Å². The molecule has 0 saturated heterocycles. The fourth-order valence-electron chi connectivity index (χ4n) is 0.361. The topological polar surface area (TPSA) is 33.1 Å². The molecule has 0 aliphatic rings. The molecule has 44 valence electrons. The van der Waals surface area contributed by atoms with Crippen molar-refractivity contribution >= 4 is 23.3 Å². The second-order valence-corrected chi connectivity index (χ2v) is 2.68. The van der Waals surface area contributed by atoms with Gasteiger partial charge in [-0.15, -0.1) is 11.8 Å². The van der Waals surface area contributed by atoms with Gasteiger partial charge >= 0.3 is 0 Å². The highest BCUT2D eigenvalue weighted by atomic mass is 32.2. The van der Waals surface area contributed by atoms with E-state index in [4.69, 9.17) is 5.11 Å². The van der Waals surface area contributed by atoms with E-state index in [1.54, 1.807) is 0 Å². The Morgan fingerprint density at radius 1 is 1.88 bits per heavy atom. The molecule has 1 heterocycles. The summed E-state index contributed by atoms with van der Waals surface area (Å²) in [6.45, 7) is 0. The van der Waals surface area contributed by atoms with Crippen LogP contribution in [-0.2, 0) is 0 Å². The Bertz CT molecular complexity index is 174. The van der Waals surface area contributed by atoms with Crippen LogP contribution in [0.2, 0.25) is 0 Å². The van der Waals surface area contributed by atoms with E-state index in [0.29, 0.717) is 0 Å². The van der Waals surface area contributed by atoms with Crippen LogP contribution < -0.4 is 0 Å². The van der Waals surface area contributed by atoms with Crippen LogP contribution in [0.3, 0.4) is 0 Å². The summed E-state index contributed by atoms with van der Waals surface area (Å²) < 4.78 is 3.66. The maximum absolute atomic E-state index is 8.83. The maximum Gasteiger partial charge on any atom is 0.236 e. The number of aromatic nitrogens is 1. The van der Waals surface area contributed by atoms with Crippen LogP contribution in [0.5, 0.6) is 5.88 Å².